The minimum Gasteiger partial charge on any atom is -0.283 e. The lowest BCUT2D eigenvalue weighted by molar-refractivity contribution is -0.114. The number of Topliss-reactive ketones (excluding diaryl/α,β-unsaturated/α-hetero) is 1. The molecule has 0 amide bonds. The minimum atomic E-state index is -0.268. The number of nitrogens with zero attached hydrogens (tertiary/aromatic N) is 1. The maximum Gasteiger partial charge on any atom is 0.231 e. The molecule has 0 heterocycles. The summed E-state index contributed by atoms with van der Waals surface area (Å²) in [5.41, 5.74) is 0. The quantitative estimate of drug-likeness (QED) is 0.416. The first-order valence-electron chi connectivity index (χ1n) is 5.74. The maximum absolute atomic E-state index is 10.6. The standard InChI is InChI=1S/C12H21NO/c1-2-3-4-5-6-7-8-9-10-12(14)11-13/h2-10H2,1H3. The Morgan fingerprint density at radius 1 is 1.00 bits per heavy atom. The summed E-state index contributed by atoms with van der Waals surface area (Å²) >= 11 is 0. The number of ketones is 1. The highest BCUT2D eigenvalue weighted by Gasteiger charge is 1.97. The molecule has 14 heavy (non-hydrogen) atoms. The number of rotatable bonds is 9. The van der Waals surface area contributed by atoms with Crippen molar-refractivity contribution in [2.75, 3.05) is 0 Å². The third kappa shape index (κ3) is 9.25. The highest BCUT2D eigenvalue weighted by molar-refractivity contribution is 5.93. The average molecular weight is 195 g/mol. The molecule has 0 aromatic carbocycles. The second-order valence-corrected chi connectivity index (χ2v) is 3.76. The molecule has 2 nitrogen and oxygen atoms in total. The number of carbonyl (C=O) groups excluding carboxylic acids is 1. The lowest BCUT2D eigenvalue weighted by Crippen LogP contribution is -1.91. The van der Waals surface area contributed by atoms with Crippen LogP contribution in [0.1, 0.15) is 64.7 Å². The summed E-state index contributed by atoms with van der Waals surface area (Å²) in [5.74, 6) is -0.268. The Bertz CT molecular complexity index is 181. The van der Waals surface area contributed by atoms with E-state index in [0.29, 0.717) is 6.42 Å². The summed E-state index contributed by atoms with van der Waals surface area (Å²) in [6.45, 7) is 2.22. The van der Waals surface area contributed by atoms with Gasteiger partial charge in [0.15, 0.2) is 0 Å². The van der Waals surface area contributed by atoms with Crippen LogP contribution in [0.5, 0.6) is 0 Å². The molecule has 0 atom stereocenters. The van der Waals surface area contributed by atoms with Crippen molar-refractivity contribution in [2.45, 2.75) is 64.7 Å². The van der Waals surface area contributed by atoms with Gasteiger partial charge in [0.2, 0.25) is 5.78 Å². The number of unbranched alkanes of at least 4 members (excludes halogenated alkanes) is 7. The van der Waals surface area contributed by atoms with Gasteiger partial charge < -0.3 is 0 Å². The number of carbonyl (C=O) groups is 1. The van der Waals surface area contributed by atoms with E-state index in [1.807, 2.05) is 0 Å². The molecule has 80 valence electrons. The van der Waals surface area contributed by atoms with Crippen LogP contribution in [0, 0.1) is 11.3 Å². The van der Waals surface area contributed by atoms with Crippen molar-refractivity contribution < 1.29 is 4.79 Å². The average Bonchev–Trinajstić information content (AvgIpc) is 2.21. The third-order valence-corrected chi connectivity index (χ3v) is 2.38. The molecule has 0 aliphatic carbocycles. The van der Waals surface area contributed by atoms with Gasteiger partial charge in [-0.15, -0.1) is 0 Å². The Hall–Kier alpha value is -0.840. The zero-order chi connectivity index (χ0) is 10.6. The van der Waals surface area contributed by atoms with Gasteiger partial charge in [-0.25, -0.2) is 0 Å². The fourth-order valence-corrected chi connectivity index (χ4v) is 1.48. The predicted octanol–water partition coefficient (Wildman–Crippen LogP) is 3.61. The summed E-state index contributed by atoms with van der Waals surface area (Å²) in [4.78, 5) is 10.6. The minimum absolute atomic E-state index is 0.268. The first-order valence-corrected chi connectivity index (χ1v) is 5.74. The van der Waals surface area contributed by atoms with E-state index < -0.39 is 0 Å². The molecule has 0 spiro atoms. The largest absolute Gasteiger partial charge is 0.283 e. The third-order valence-electron chi connectivity index (χ3n) is 2.38. The van der Waals surface area contributed by atoms with Crippen LogP contribution in [0.2, 0.25) is 0 Å². The Morgan fingerprint density at radius 2 is 1.50 bits per heavy atom. The normalized spacial score (nSPS) is 9.71. The van der Waals surface area contributed by atoms with E-state index in [1.54, 1.807) is 6.07 Å². The fraction of sp³-hybridized carbons (Fsp3) is 0.833. The SMILES string of the molecule is CCCCCCCCCCC(=O)C#N. The van der Waals surface area contributed by atoms with Crippen LogP contribution in [0.15, 0.2) is 0 Å². The number of hydrogen-bond acceptors (Lipinski definition) is 2. The Kier molecular flexibility index (Phi) is 9.63. The van der Waals surface area contributed by atoms with Crippen molar-refractivity contribution in [3.63, 3.8) is 0 Å². The van der Waals surface area contributed by atoms with Gasteiger partial charge >= 0.3 is 0 Å². The lowest BCUT2D eigenvalue weighted by Gasteiger charge is -1.99. The molecule has 0 unspecified atom stereocenters. The highest BCUT2D eigenvalue weighted by atomic mass is 16.1. The fourth-order valence-electron chi connectivity index (χ4n) is 1.48. The van der Waals surface area contributed by atoms with Gasteiger partial charge in [-0.3, -0.25) is 4.79 Å². The lowest BCUT2D eigenvalue weighted by atomic mass is 10.1. The molecule has 0 aliphatic heterocycles. The van der Waals surface area contributed by atoms with Crippen LogP contribution in [-0.4, -0.2) is 5.78 Å². The van der Waals surface area contributed by atoms with Gasteiger partial charge in [0.05, 0.1) is 0 Å². The molecular weight excluding hydrogens is 174 g/mol. The molecule has 0 saturated carbocycles. The van der Waals surface area contributed by atoms with Crippen molar-refractivity contribution in [2.24, 2.45) is 0 Å². The second-order valence-electron chi connectivity index (χ2n) is 3.76. The molecule has 0 bridgehead atoms. The first-order chi connectivity index (χ1) is 6.81. The van der Waals surface area contributed by atoms with E-state index in [0.717, 1.165) is 12.8 Å². The van der Waals surface area contributed by atoms with E-state index in [4.69, 9.17) is 5.26 Å². The van der Waals surface area contributed by atoms with Crippen LogP contribution < -0.4 is 0 Å². The van der Waals surface area contributed by atoms with Crippen molar-refractivity contribution >= 4 is 5.78 Å². The van der Waals surface area contributed by atoms with Crippen molar-refractivity contribution in [3.8, 4) is 6.07 Å². The Balaban J connectivity index is 3.00. The summed E-state index contributed by atoms with van der Waals surface area (Å²) in [7, 11) is 0. The maximum atomic E-state index is 10.6. The van der Waals surface area contributed by atoms with E-state index in [1.165, 1.54) is 38.5 Å². The monoisotopic (exact) mass is 195 g/mol. The zero-order valence-corrected chi connectivity index (χ0v) is 9.22. The van der Waals surface area contributed by atoms with Gasteiger partial charge in [0.1, 0.15) is 6.07 Å². The van der Waals surface area contributed by atoms with E-state index >= 15 is 0 Å². The summed E-state index contributed by atoms with van der Waals surface area (Å²) in [6.07, 6.45) is 10.2. The summed E-state index contributed by atoms with van der Waals surface area (Å²) < 4.78 is 0. The van der Waals surface area contributed by atoms with Gasteiger partial charge in [-0.2, -0.15) is 5.26 Å². The molecule has 0 saturated heterocycles. The predicted molar refractivity (Wildman–Crippen MR) is 57.8 cm³/mol. The number of nitriles is 1. The van der Waals surface area contributed by atoms with Crippen LogP contribution >= 0.6 is 0 Å². The van der Waals surface area contributed by atoms with Gasteiger partial charge in [0.25, 0.3) is 0 Å². The van der Waals surface area contributed by atoms with Crippen molar-refractivity contribution in [3.05, 3.63) is 0 Å². The summed E-state index contributed by atoms with van der Waals surface area (Å²) in [5, 5.41) is 8.24. The Labute approximate surface area is 87.3 Å². The van der Waals surface area contributed by atoms with Crippen LogP contribution in [-0.2, 0) is 4.79 Å². The van der Waals surface area contributed by atoms with E-state index in [-0.39, 0.29) is 5.78 Å². The topological polar surface area (TPSA) is 40.9 Å². The molecule has 0 N–H and O–H groups in total. The molecule has 0 fully saturated rings. The van der Waals surface area contributed by atoms with Crippen LogP contribution in [0.3, 0.4) is 0 Å². The first kappa shape index (κ1) is 13.2. The summed E-state index contributed by atoms with van der Waals surface area (Å²) in [6, 6.07) is 1.64. The van der Waals surface area contributed by atoms with Gasteiger partial charge in [-0.1, -0.05) is 51.9 Å². The number of hydrogen-bond donors (Lipinski definition) is 0. The van der Waals surface area contributed by atoms with Gasteiger partial charge in [0, 0.05) is 6.42 Å². The van der Waals surface area contributed by atoms with Crippen LogP contribution in [0.4, 0.5) is 0 Å². The van der Waals surface area contributed by atoms with Crippen molar-refractivity contribution in [1.82, 2.24) is 0 Å². The molecule has 0 rings (SSSR count). The second kappa shape index (κ2) is 10.2. The molecule has 2 heteroatoms. The molecule has 0 aromatic rings. The highest BCUT2D eigenvalue weighted by Crippen LogP contribution is 2.09. The molecule has 0 aromatic heterocycles. The molecular formula is C12H21NO. The van der Waals surface area contributed by atoms with Crippen molar-refractivity contribution in [1.29, 1.82) is 5.26 Å². The van der Waals surface area contributed by atoms with Crippen LogP contribution in [0.25, 0.3) is 0 Å². The van der Waals surface area contributed by atoms with E-state index in [2.05, 4.69) is 6.92 Å². The van der Waals surface area contributed by atoms with Gasteiger partial charge in [-0.05, 0) is 6.42 Å². The van der Waals surface area contributed by atoms with E-state index in [9.17, 15) is 4.79 Å². The molecule has 0 radical (unpaired) electrons. The smallest absolute Gasteiger partial charge is 0.231 e. The Morgan fingerprint density at radius 3 is 2.00 bits per heavy atom. The molecule has 0 aliphatic rings. The zero-order valence-electron chi connectivity index (χ0n) is 9.22.